The molecule has 0 fully saturated rings. The van der Waals surface area contributed by atoms with Crippen LogP contribution < -0.4 is 5.32 Å². The second kappa shape index (κ2) is 7.24. The van der Waals surface area contributed by atoms with Crippen LogP contribution in [0.5, 0.6) is 0 Å². The van der Waals surface area contributed by atoms with Gasteiger partial charge in [-0.1, -0.05) is 46.3 Å². The third-order valence-electron chi connectivity index (χ3n) is 3.06. The number of nitrogens with one attached hydrogen (secondary N) is 1. The van der Waals surface area contributed by atoms with Gasteiger partial charge in [0.1, 0.15) is 0 Å². The Morgan fingerprint density at radius 2 is 1.90 bits per heavy atom. The van der Waals surface area contributed by atoms with Crippen molar-refractivity contribution in [1.82, 2.24) is 0 Å². The maximum atomic E-state index is 11.1. The van der Waals surface area contributed by atoms with Gasteiger partial charge in [-0.05, 0) is 30.2 Å². The molecule has 4 nitrogen and oxygen atoms in total. The molecule has 2 aromatic rings. The SMILES string of the molecule is O=C(O)c1cc(Br)cc(NC(CO)Cc2ccccc2)c1. The lowest BCUT2D eigenvalue weighted by Crippen LogP contribution is -2.26. The first-order valence-electron chi connectivity index (χ1n) is 6.53. The monoisotopic (exact) mass is 349 g/mol. The fourth-order valence-electron chi connectivity index (χ4n) is 2.09. The van der Waals surface area contributed by atoms with E-state index >= 15 is 0 Å². The van der Waals surface area contributed by atoms with E-state index in [9.17, 15) is 9.90 Å². The van der Waals surface area contributed by atoms with Crippen molar-refractivity contribution in [2.75, 3.05) is 11.9 Å². The highest BCUT2D eigenvalue weighted by Gasteiger charge is 2.11. The van der Waals surface area contributed by atoms with E-state index in [2.05, 4.69) is 21.2 Å². The summed E-state index contributed by atoms with van der Waals surface area (Å²) < 4.78 is 0.682. The minimum atomic E-state index is -0.983. The Labute approximate surface area is 131 Å². The first-order chi connectivity index (χ1) is 10.1. The molecule has 0 amide bonds. The minimum absolute atomic E-state index is 0.0379. The van der Waals surface area contributed by atoms with E-state index in [-0.39, 0.29) is 18.2 Å². The summed E-state index contributed by atoms with van der Waals surface area (Å²) in [6.07, 6.45) is 0.659. The lowest BCUT2D eigenvalue weighted by molar-refractivity contribution is 0.0697. The molecule has 110 valence electrons. The third kappa shape index (κ3) is 4.58. The summed E-state index contributed by atoms with van der Waals surface area (Å²) in [7, 11) is 0. The highest BCUT2D eigenvalue weighted by atomic mass is 79.9. The summed E-state index contributed by atoms with van der Waals surface area (Å²) in [6.45, 7) is -0.0379. The third-order valence-corrected chi connectivity index (χ3v) is 3.52. The minimum Gasteiger partial charge on any atom is -0.478 e. The molecule has 5 heteroatoms. The number of hydrogen-bond acceptors (Lipinski definition) is 3. The van der Waals surface area contributed by atoms with Crippen molar-refractivity contribution in [2.45, 2.75) is 12.5 Å². The van der Waals surface area contributed by atoms with Crippen molar-refractivity contribution in [3.63, 3.8) is 0 Å². The van der Waals surface area contributed by atoms with Crippen molar-refractivity contribution in [2.24, 2.45) is 0 Å². The molecular weight excluding hydrogens is 334 g/mol. The van der Waals surface area contributed by atoms with E-state index in [0.29, 0.717) is 16.6 Å². The van der Waals surface area contributed by atoms with Gasteiger partial charge in [0.05, 0.1) is 18.2 Å². The molecule has 1 unspecified atom stereocenters. The van der Waals surface area contributed by atoms with Crippen molar-refractivity contribution >= 4 is 27.6 Å². The smallest absolute Gasteiger partial charge is 0.335 e. The summed E-state index contributed by atoms with van der Waals surface area (Å²) in [5, 5.41) is 21.7. The predicted octanol–water partition coefficient (Wildman–Crippen LogP) is 3.16. The molecule has 21 heavy (non-hydrogen) atoms. The van der Waals surface area contributed by atoms with Crippen LogP contribution in [-0.4, -0.2) is 28.8 Å². The molecule has 2 rings (SSSR count). The van der Waals surface area contributed by atoms with Crippen molar-refractivity contribution in [3.05, 3.63) is 64.1 Å². The van der Waals surface area contributed by atoms with E-state index in [1.807, 2.05) is 30.3 Å². The first-order valence-corrected chi connectivity index (χ1v) is 7.33. The number of rotatable bonds is 6. The first kappa shape index (κ1) is 15.5. The Morgan fingerprint density at radius 1 is 1.19 bits per heavy atom. The van der Waals surface area contributed by atoms with Crippen molar-refractivity contribution in [3.8, 4) is 0 Å². The summed E-state index contributed by atoms with van der Waals surface area (Å²) in [5.41, 5.74) is 1.97. The molecule has 3 N–H and O–H groups in total. The van der Waals surface area contributed by atoms with E-state index in [0.717, 1.165) is 5.56 Å². The predicted molar refractivity (Wildman–Crippen MR) is 85.7 cm³/mol. The fraction of sp³-hybridized carbons (Fsp3) is 0.188. The van der Waals surface area contributed by atoms with Gasteiger partial charge in [0.25, 0.3) is 0 Å². The highest BCUT2D eigenvalue weighted by molar-refractivity contribution is 9.10. The number of hydrogen-bond donors (Lipinski definition) is 3. The topological polar surface area (TPSA) is 69.6 Å². The molecular formula is C16H16BrNO3. The zero-order valence-electron chi connectivity index (χ0n) is 11.3. The number of benzene rings is 2. The Kier molecular flexibility index (Phi) is 5.36. The van der Waals surface area contributed by atoms with Crippen LogP contribution in [0, 0.1) is 0 Å². The van der Waals surface area contributed by atoms with Gasteiger partial charge in [-0.15, -0.1) is 0 Å². The number of aliphatic hydroxyl groups excluding tert-OH is 1. The lowest BCUT2D eigenvalue weighted by atomic mass is 10.1. The largest absolute Gasteiger partial charge is 0.478 e. The molecule has 1 atom stereocenters. The number of carbonyl (C=O) groups is 1. The number of aliphatic hydroxyl groups is 1. The van der Waals surface area contributed by atoms with Crippen LogP contribution in [0.15, 0.2) is 53.0 Å². The Hall–Kier alpha value is -1.85. The second-order valence-electron chi connectivity index (χ2n) is 4.75. The number of carboxylic acids is 1. The van der Waals surface area contributed by atoms with Crippen LogP contribution in [-0.2, 0) is 6.42 Å². The molecule has 0 saturated heterocycles. The normalized spacial score (nSPS) is 11.9. The molecule has 0 saturated carbocycles. The van der Waals surface area contributed by atoms with Crippen LogP contribution in [0.25, 0.3) is 0 Å². The molecule has 0 aliphatic carbocycles. The summed E-state index contributed by atoms with van der Waals surface area (Å²) >= 11 is 3.29. The standard InChI is InChI=1S/C16H16BrNO3/c17-13-7-12(16(20)21)8-14(9-13)18-15(10-19)6-11-4-2-1-3-5-11/h1-5,7-9,15,18-19H,6,10H2,(H,20,21). The van der Waals surface area contributed by atoms with E-state index < -0.39 is 5.97 Å². The van der Waals surface area contributed by atoms with Gasteiger partial charge < -0.3 is 15.5 Å². The lowest BCUT2D eigenvalue weighted by Gasteiger charge is -2.18. The van der Waals surface area contributed by atoms with Gasteiger partial charge in [0.2, 0.25) is 0 Å². The van der Waals surface area contributed by atoms with Crippen LogP contribution in [0.1, 0.15) is 15.9 Å². The maximum absolute atomic E-state index is 11.1. The zero-order valence-corrected chi connectivity index (χ0v) is 12.9. The Bertz CT molecular complexity index is 616. The quantitative estimate of drug-likeness (QED) is 0.749. The molecule has 0 bridgehead atoms. The second-order valence-corrected chi connectivity index (χ2v) is 5.66. The van der Waals surface area contributed by atoms with Gasteiger partial charge in [-0.25, -0.2) is 4.79 Å². The molecule has 0 radical (unpaired) electrons. The fourth-order valence-corrected chi connectivity index (χ4v) is 2.59. The van der Waals surface area contributed by atoms with Gasteiger partial charge in [0, 0.05) is 10.2 Å². The van der Waals surface area contributed by atoms with E-state index in [1.165, 1.54) is 0 Å². The van der Waals surface area contributed by atoms with Gasteiger partial charge in [-0.2, -0.15) is 0 Å². The summed E-state index contributed by atoms with van der Waals surface area (Å²) in [6, 6.07) is 14.5. The van der Waals surface area contributed by atoms with Crippen molar-refractivity contribution in [1.29, 1.82) is 0 Å². The molecule has 0 aliphatic heterocycles. The molecule has 0 aliphatic rings. The summed E-state index contributed by atoms with van der Waals surface area (Å²) in [5.74, 6) is -0.983. The van der Waals surface area contributed by atoms with Crippen molar-refractivity contribution < 1.29 is 15.0 Å². The van der Waals surface area contributed by atoms with E-state index in [4.69, 9.17) is 5.11 Å². The van der Waals surface area contributed by atoms with Gasteiger partial charge >= 0.3 is 5.97 Å². The van der Waals surface area contributed by atoms with Crippen LogP contribution in [0.3, 0.4) is 0 Å². The number of anilines is 1. The average Bonchev–Trinajstić information content (AvgIpc) is 2.47. The average molecular weight is 350 g/mol. The Morgan fingerprint density at radius 3 is 2.52 bits per heavy atom. The number of halogens is 1. The summed E-state index contributed by atoms with van der Waals surface area (Å²) in [4.78, 5) is 11.1. The number of carboxylic acid groups (broad SMARTS) is 1. The molecule has 0 aromatic heterocycles. The Balaban J connectivity index is 2.13. The van der Waals surface area contributed by atoms with Crippen LogP contribution >= 0.6 is 15.9 Å². The van der Waals surface area contributed by atoms with Gasteiger partial charge in [0.15, 0.2) is 0 Å². The maximum Gasteiger partial charge on any atom is 0.335 e. The molecule has 0 spiro atoms. The van der Waals surface area contributed by atoms with Gasteiger partial charge in [-0.3, -0.25) is 0 Å². The molecule has 0 heterocycles. The highest BCUT2D eigenvalue weighted by Crippen LogP contribution is 2.21. The molecule has 2 aromatic carbocycles. The van der Waals surface area contributed by atoms with Crippen LogP contribution in [0.4, 0.5) is 5.69 Å². The zero-order chi connectivity index (χ0) is 15.2. The van der Waals surface area contributed by atoms with E-state index in [1.54, 1.807) is 18.2 Å². The van der Waals surface area contributed by atoms with Crippen LogP contribution in [0.2, 0.25) is 0 Å². The number of aromatic carboxylic acids is 1.